The van der Waals surface area contributed by atoms with Crippen LogP contribution >= 0.6 is 0 Å². The van der Waals surface area contributed by atoms with E-state index in [1.807, 2.05) is 48.4 Å². The van der Waals surface area contributed by atoms with E-state index in [4.69, 9.17) is 13.9 Å². The quantitative estimate of drug-likeness (QED) is 0.381. The van der Waals surface area contributed by atoms with Crippen molar-refractivity contribution in [3.63, 3.8) is 0 Å². The first-order valence-electron chi connectivity index (χ1n) is 11.0. The second kappa shape index (κ2) is 7.38. The molecule has 1 spiro atoms. The molecule has 168 valence electrons. The highest BCUT2D eigenvalue weighted by molar-refractivity contribution is 6.31. The number of hydrogen-bond acceptors (Lipinski definition) is 7. The summed E-state index contributed by atoms with van der Waals surface area (Å²) in [6, 6.07) is 14.0. The molecule has 0 amide bonds. The van der Waals surface area contributed by atoms with Gasteiger partial charge in [0, 0.05) is 42.1 Å². The van der Waals surface area contributed by atoms with E-state index in [0.717, 1.165) is 51.7 Å². The molecule has 2 fully saturated rings. The molecule has 0 aliphatic carbocycles. The van der Waals surface area contributed by atoms with E-state index in [1.54, 1.807) is 6.26 Å². The summed E-state index contributed by atoms with van der Waals surface area (Å²) in [5.74, 6) is -3.40. The molecule has 2 saturated heterocycles. The summed E-state index contributed by atoms with van der Waals surface area (Å²) in [6.07, 6.45) is 4.43. The van der Waals surface area contributed by atoms with Gasteiger partial charge in [0.2, 0.25) is 0 Å². The van der Waals surface area contributed by atoms with Crippen LogP contribution in [0.2, 0.25) is 0 Å². The van der Waals surface area contributed by atoms with Gasteiger partial charge in [-0.25, -0.2) is 9.59 Å². The Labute approximate surface area is 189 Å². The first-order chi connectivity index (χ1) is 16.0. The van der Waals surface area contributed by atoms with Crippen molar-refractivity contribution in [1.29, 1.82) is 0 Å². The van der Waals surface area contributed by atoms with Gasteiger partial charge in [0.1, 0.15) is 5.58 Å². The number of nitrogens with zero attached hydrogens (tertiary/aromatic N) is 2. The van der Waals surface area contributed by atoms with Gasteiger partial charge in [-0.1, -0.05) is 18.2 Å². The number of ether oxygens (including phenoxy) is 2. The number of carbonyl (C=O) groups is 2. The molecule has 8 heteroatoms. The van der Waals surface area contributed by atoms with Gasteiger partial charge < -0.3 is 18.9 Å². The van der Waals surface area contributed by atoms with Gasteiger partial charge in [-0.3, -0.25) is 9.80 Å². The van der Waals surface area contributed by atoms with E-state index in [2.05, 4.69) is 22.0 Å². The highest BCUT2D eigenvalue weighted by atomic mass is 16.8. The number of piperazine rings is 1. The third-order valence-electron chi connectivity index (χ3n) is 6.52. The number of esters is 2. The van der Waals surface area contributed by atoms with Crippen molar-refractivity contribution >= 4 is 39.5 Å². The second-order valence-corrected chi connectivity index (χ2v) is 8.65. The van der Waals surface area contributed by atoms with Crippen LogP contribution in [0.3, 0.4) is 0 Å². The number of hydrogen-bond donors (Lipinski definition) is 1. The van der Waals surface area contributed by atoms with Crippen LogP contribution in [-0.2, 0) is 25.5 Å². The van der Waals surface area contributed by atoms with Crippen LogP contribution < -0.4 is 4.90 Å². The number of fused-ring (bicyclic) bond motifs is 2. The highest BCUT2D eigenvalue weighted by Gasteiger charge is 2.56. The van der Waals surface area contributed by atoms with Gasteiger partial charge >= 0.3 is 17.8 Å². The van der Waals surface area contributed by atoms with Crippen LogP contribution in [0.25, 0.3) is 21.9 Å². The van der Waals surface area contributed by atoms with Gasteiger partial charge in [-0.2, -0.15) is 0 Å². The molecule has 6 rings (SSSR count). The molecule has 0 saturated carbocycles. The van der Waals surface area contributed by atoms with Crippen LogP contribution in [0, 0.1) is 6.92 Å². The number of aryl methyl sites for hydroxylation is 1. The Kier molecular flexibility index (Phi) is 4.45. The molecule has 0 unspecified atom stereocenters. The minimum absolute atomic E-state index is 0.264. The summed E-state index contributed by atoms with van der Waals surface area (Å²) < 4.78 is 16.9. The molecular weight excluding hydrogens is 422 g/mol. The lowest BCUT2D eigenvalue weighted by molar-refractivity contribution is -0.192. The zero-order valence-electron chi connectivity index (χ0n) is 18.2. The van der Waals surface area contributed by atoms with Crippen molar-refractivity contribution in [2.45, 2.75) is 19.3 Å². The van der Waals surface area contributed by atoms with Crippen LogP contribution in [0.1, 0.15) is 11.1 Å². The van der Waals surface area contributed by atoms with Crippen LogP contribution in [0.5, 0.6) is 0 Å². The summed E-state index contributed by atoms with van der Waals surface area (Å²) in [5, 5.41) is 2.08. The monoisotopic (exact) mass is 445 g/mol. The molecule has 4 aromatic rings. The van der Waals surface area contributed by atoms with Crippen LogP contribution in [0.15, 0.2) is 59.3 Å². The zero-order valence-corrected chi connectivity index (χ0v) is 18.2. The average molecular weight is 445 g/mol. The average Bonchev–Trinajstić information content (AvgIpc) is 3.50. The maximum absolute atomic E-state index is 12.1. The maximum Gasteiger partial charge on any atom is 0.422 e. The summed E-state index contributed by atoms with van der Waals surface area (Å²) in [6.45, 7) is 4.28. The fraction of sp³-hybridized carbons (Fsp3) is 0.280. The molecule has 0 bridgehead atoms. The summed E-state index contributed by atoms with van der Waals surface area (Å²) in [7, 11) is 0. The van der Waals surface area contributed by atoms with Gasteiger partial charge in [0.05, 0.1) is 18.5 Å². The van der Waals surface area contributed by atoms with Crippen molar-refractivity contribution in [3.8, 4) is 0 Å². The molecule has 2 aliphatic rings. The van der Waals surface area contributed by atoms with E-state index in [1.165, 1.54) is 0 Å². The standard InChI is InChI=1S/C25H23N3O5/c1-16-5-6-18-17(14-31-22(18)13-16)8-10-27-11-12-28(25(15-27)32-23(29)24(30)33-25)21-4-2-3-20-19(21)7-9-26-20/h2-7,9,13-14,26H,8,10-12,15H2,1H3. The number of nitrogens with one attached hydrogen (secondary N) is 1. The molecule has 0 radical (unpaired) electrons. The van der Waals surface area contributed by atoms with Crippen molar-refractivity contribution in [1.82, 2.24) is 9.88 Å². The number of anilines is 1. The van der Waals surface area contributed by atoms with Crippen molar-refractivity contribution in [2.75, 3.05) is 31.1 Å². The fourth-order valence-electron chi connectivity index (χ4n) is 4.89. The van der Waals surface area contributed by atoms with Gasteiger partial charge in [-0.05, 0) is 48.7 Å². The number of rotatable bonds is 4. The number of H-pyrrole nitrogens is 1. The number of furan rings is 1. The lowest BCUT2D eigenvalue weighted by Gasteiger charge is -2.46. The van der Waals surface area contributed by atoms with E-state index in [-0.39, 0.29) is 6.54 Å². The smallest absolute Gasteiger partial charge is 0.422 e. The first-order valence-corrected chi connectivity index (χ1v) is 11.0. The van der Waals surface area contributed by atoms with Gasteiger partial charge in [-0.15, -0.1) is 0 Å². The summed E-state index contributed by atoms with van der Waals surface area (Å²) >= 11 is 0. The third kappa shape index (κ3) is 3.25. The highest BCUT2D eigenvalue weighted by Crippen LogP contribution is 2.38. The fourth-order valence-corrected chi connectivity index (χ4v) is 4.89. The number of benzene rings is 2. The van der Waals surface area contributed by atoms with Gasteiger partial charge in [0.15, 0.2) is 0 Å². The lowest BCUT2D eigenvalue weighted by Crippen LogP contribution is -2.64. The van der Waals surface area contributed by atoms with Crippen molar-refractivity contribution in [3.05, 3.63) is 66.1 Å². The predicted molar refractivity (Wildman–Crippen MR) is 122 cm³/mol. The summed E-state index contributed by atoms with van der Waals surface area (Å²) in [4.78, 5) is 31.4. The maximum atomic E-state index is 12.1. The van der Waals surface area contributed by atoms with E-state index >= 15 is 0 Å². The number of aromatic nitrogens is 1. The van der Waals surface area contributed by atoms with Gasteiger partial charge in [0.25, 0.3) is 0 Å². The lowest BCUT2D eigenvalue weighted by atomic mass is 10.1. The molecule has 4 heterocycles. The molecule has 2 aromatic carbocycles. The second-order valence-electron chi connectivity index (χ2n) is 8.65. The number of carbonyl (C=O) groups excluding carboxylic acids is 2. The minimum Gasteiger partial charge on any atom is -0.464 e. The molecule has 0 atom stereocenters. The minimum atomic E-state index is -1.48. The predicted octanol–water partition coefficient (Wildman–Crippen LogP) is 3.34. The SMILES string of the molecule is Cc1ccc2c(CCN3CCN(c4cccc5[nH]ccc45)C4(C3)OC(=O)C(=O)O4)coc2c1. The summed E-state index contributed by atoms with van der Waals surface area (Å²) in [5.41, 5.74) is 4.97. The molecule has 33 heavy (non-hydrogen) atoms. The largest absolute Gasteiger partial charge is 0.464 e. The Morgan fingerprint density at radius 2 is 1.88 bits per heavy atom. The van der Waals surface area contributed by atoms with Crippen molar-refractivity contribution < 1.29 is 23.5 Å². The first kappa shape index (κ1) is 19.9. The Balaban J connectivity index is 1.27. The third-order valence-corrected chi connectivity index (χ3v) is 6.52. The Hall–Kier alpha value is -3.78. The Morgan fingerprint density at radius 1 is 1.03 bits per heavy atom. The Bertz CT molecular complexity index is 1370. The van der Waals surface area contributed by atoms with E-state index in [9.17, 15) is 9.59 Å². The molecule has 1 N–H and O–H groups in total. The van der Waals surface area contributed by atoms with E-state index < -0.39 is 17.8 Å². The molecule has 2 aromatic heterocycles. The van der Waals surface area contributed by atoms with Crippen molar-refractivity contribution in [2.24, 2.45) is 0 Å². The molecule has 8 nitrogen and oxygen atoms in total. The molecule has 2 aliphatic heterocycles. The van der Waals surface area contributed by atoms with E-state index in [0.29, 0.717) is 13.1 Å². The van der Waals surface area contributed by atoms with Crippen LogP contribution in [0.4, 0.5) is 5.69 Å². The Morgan fingerprint density at radius 3 is 2.73 bits per heavy atom. The zero-order chi connectivity index (χ0) is 22.6. The van der Waals surface area contributed by atoms with Crippen LogP contribution in [-0.4, -0.2) is 53.9 Å². The topological polar surface area (TPSA) is 88.0 Å². The normalized spacial score (nSPS) is 18.4. The molecular formula is C25H23N3O5. The number of aromatic amines is 1.